The zero-order chi connectivity index (χ0) is 16.6. The van der Waals surface area contributed by atoms with Crippen LogP contribution in [0.4, 0.5) is 4.79 Å². The van der Waals surface area contributed by atoms with Gasteiger partial charge in [0.1, 0.15) is 5.60 Å². The smallest absolute Gasteiger partial charge is 0.410 e. The van der Waals surface area contributed by atoms with E-state index in [1.54, 1.807) is 4.90 Å². The van der Waals surface area contributed by atoms with Gasteiger partial charge in [-0.2, -0.15) is 5.10 Å². The van der Waals surface area contributed by atoms with Crippen molar-refractivity contribution < 1.29 is 9.53 Å². The highest BCUT2D eigenvalue weighted by Gasteiger charge is 2.34. The minimum atomic E-state index is -0.490. The molecule has 0 radical (unpaired) electrons. The minimum absolute atomic E-state index is 0.0671. The number of hydrogen-bond acceptors (Lipinski definition) is 3. The zero-order valence-electron chi connectivity index (χ0n) is 14.1. The molecule has 1 aromatic heterocycles. The monoisotopic (exact) mass is 313 g/mol. The van der Waals surface area contributed by atoms with Gasteiger partial charge in [-0.15, -0.1) is 0 Å². The maximum atomic E-state index is 12.5. The Morgan fingerprint density at radius 3 is 2.65 bits per heavy atom. The Hall–Kier alpha value is -2.30. The Labute approximate surface area is 136 Å². The van der Waals surface area contributed by atoms with Gasteiger partial charge in [0.15, 0.2) is 0 Å². The number of carbonyl (C=O) groups is 1. The average Bonchev–Trinajstić information content (AvgIpc) is 2.91. The second-order valence-electron chi connectivity index (χ2n) is 6.93. The van der Waals surface area contributed by atoms with E-state index in [1.807, 2.05) is 58.0 Å². The van der Waals surface area contributed by atoms with E-state index < -0.39 is 5.60 Å². The first-order chi connectivity index (χ1) is 10.9. The molecule has 1 aromatic carbocycles. The SMILES string of the molecule is CC1c2c(-c3ccccc3)n[nH]c2CCN1C(=O)OC(C)(C)C. The molecule has 2 heterocycles. The third-order valence-electron chi connectivity index (χ3n) is 4.05. The average molecular weight is 313 g/mol. The predicted molar refractivity (Wildman–Crippen MR) is 89.1 cm³/mol. The summed E-state index contributed by atoms with van der Waals surface area (Å²) < 4.78 is 5.54. The first kappa shape index (κ1) is 15.6. The Morgan fingerprint density at radius 1 is 1.30 bits per heavy atom. The lowest BCUT2D eigenvalue weighted by Crippen LogP contribution is -2.42. The third kappa shape index (κ3) is 3.09. The van der Waals surface area contributed by atoms with Crippen molar-refractivity contribution in [3.8, 4) is 11.3 Å². The van der Waals surface area contributed by atoms with Crippen LogP contribution in [0.1, 0.15) is 45.0 Å². The maximum absolute atomic E-state index is 12.5. The molecular formula is C18H23N3O2. The molecule has 1 amide bonds. The van der Waals surface area contributed by atoms with Crippen LogP contribution in [0.5, 0.6) is 0 Å². The van der Waals surface area contributed by atoms with Gasteiger partial charge < -0.3 is 9.64 Å². The number of aromatic amines is 1. The Bertz CT molecular complexity index is 701. The van der Waals surface area contributed by atoms with Crippen LogP contribution < -0.4 is 0 Å². The molecular weight excluding hydrogens is 290 g/mol. The molecule has 0 saturated heterocycles. The number of ether oxygens (including phenoxy) is 1. The van der Waals surface area contributed by atoms with E-state index >= 15 is 0 Å². The van der Waals surface area contributed by atoms with Gasteiger partial charge in [0.25, 0.3) is 0 Å². The fourth-order valence-electron chi connectivity index (χ4n) is 3.00. The molecule has 1 unspecified atom stereocenters. The van der Waals surface area contributed by atoms with E-state index in [1.165, 1.54) is 0 Å². The van der Waals surface area contributed by atoms with E-state index in [0.29, 0.717) is 6.54 Å². The van der Waals surface area contributed by atoms with Crippen LogP contribution in [0.2, 0.25) is 0 Å². The molecule has 0 spiro atoms. The van der Waals surface area contributed by atoms with Crippen LogP contribution >= 0.6 is 0 Å². The maximum Gasteiger partial charge on any atom is 0.410 e. The van der Waals surface area contributed by atoms with Crippen LogP contribution in [0.15, 0.2) is 30.3 Å². The predicted octanol–water partition coefficient (Wildman–Crippen LogP) is 3.93. The number of aromatic nitrogens is 2. The largest absolute Gasteiger partial charge is 0.444 e. The molecule has 5 nitrogen and oxygen atoms in total. The van der Waals surface area contributed by atoms with Crippen molar-refractivity contribution in [2.45, 2.75) is 45.8 Å². The molecule has 1 aliphatic heterocycles. The first-order valence-corrected chi connectivity index (χ1v) is 7.99. The quantitative estimate of drug-likeness (QED) is 0.868. The number of nitrogens with zero attached hydrogens (tertiary/aromatic N) is 2. The highest BCUT2D eigenvalue weighted by Crippen LogP contribution is 2.36. The van der Waals surface area contributed by atoms with Crippen molar-refractivity contribution in [3.05, 3.63) is 41.6 Å². The zero-order valence-corrected chi connectivity index (χ0v) is 14.1. The van der Waals surface area contributed by atoms with Gasteiger partial charge >= 0.3 is 6.09 Å². The van der Waals surface area contributed by atoms with Gasteiger partial charge in [0.2, 0.25) is 0 Å². The van der Waals surface area contributed by atoms with Gasteiger partial charge in [-0.1, -0.05) is 30.3 Å². The highest BCUT2D eigenvalue weighted by atomic mass is 16.6. The Kier molecular flexibility index (Phi) is 3.88. The lowest BCUT2D eigenvalue weighted by molar-refractivity contribution is 0.0160. The summed E-state index contributed by atoms with van der Waals surface area (Å²) in [6.07, 6.45) is 0.495. The second kappa shape index (κ2) is 5.72. The lowest BCUT2D eigenvalue weighted by Gasteiger charge is -2.35. The van der Waals surface area contributed by atoms with E-state index in [4.69, 9.17) is 4.74 Å². The third-order valence-corrected chi connectivity index (χ3v) is 4.05. The summed E-state index contributed by atoms with van der Waals surface area (Å²) in [6.45, 7) is 8.33. The molecule has 0 fully saturated rings. The summed E-state index contributed by atoms with van der Waals surface area (Å²) in [4.78, 5) is 14.3. The number of fused-ring (bicyclic) bond motifs is 1. The standard InChI is InChI=1S/C18H23N3O2/c1-12-15-14(10-11-21(12)17(22)23-18(2,3)4)19-20-16(15)13-8-6-5-7-9-13/h5-9,12H,10-11H2,1-4H3,(H,19,20). The van der Waals surface area contributed by atoms with Crippen LogP contribution in [-0.2, 0) is 11.2 Å². The molecule has 0 saturated carbocycles. The summed E-state index contributed by atoms with van der Waals surface area (Å²) in [6, 6.07) is 9.98. The van der Waals surface area contributed by atoms with Crippen LogP contribution in [0, 0.1) is 0 Å². The van der Waals surface area contributed by atoms with Gasteiger partial charge in [0.05, 0.1) is 11.7 Å². The van der Waals surface area contributed by atoms with E-state index in [9.17, 15) is 4.79 Å². The summed E-state index contributed by atoms with van der Waals surface area (Å²) >= 11 is 0. The lowest BCUT2D eigenvalue weighted by atomic mass is 9.95. The van der Waals surface area contributed by atoms with Crippen molar-refractivity contribution in [2.75, 3.05) is 6.54 Å². The second-order valence-corrected chi connectivity index (χ2v) is 6.93. The van der Waals surface area contributed by atoms with Crippen molar-refractivity contribution in [1.82, 2.24) is 15.1 Å². The van der Waals surface area contributed by atoms with Crippen LogP contribution in [0.3, 0.4) is 0 Å². The molecule has 0 bridgehead atoms. The molecule has 122 valence electrons. The molecule has 1 N–H and O–H groups in total. The number of hydrogen-bond donors (Lipinski definition) is 1. The van der Waals surface area contributed by atoms with Gasteiger partial charge in [-0.25, -0.2) is 4.79 Å². The van der Waals surface area contributed by atoms with Gasteiger partial charge in [-0.3, -0.25) is 5.10 Å². The number of rotatable bonds is 1. The molecule has 3 rings (SSSR count). The fourth-order valence-corrected chi connectivity index (χ4v) is 3.00. The van der Waals surface area contributed by atoms with Gasteiger partial charge in [0, 0.05) is 29.8 Å². The summed E-state index contributed by atoms with van der Waals surface area (Å²) in [5, 5.41) is 7.62. The normalized spacial score (nSPS) is 17.7. The Morgan fingerprint density at radius 2 is 2.00 bits per heavy atom. The van der Waals surface area contributed by atoms with Crippen molar-refractivity contribution in [3.63, 3.8) is 0 Å². The molecule has 0 aliphatic carbocycles. The molecule has 23 heavy (non-hydrogen) atoms. The van der Waals surface area contributed by atoms with Crippen molar-refractivity contribution in [2.24, 2.45) is 0 Å². The fraction of sp³-hybridized carbons (Fsp3) is 0.444. The highest BCUT2D eigenvalue weighted by molar-refractivity contribution is 5.72. The summed E-state index contributed by atoms with van der Waals surface area (Å²) in [7, 11) is 0. The van der Waals surface area contributed by atoms with E-state index in [2.05, 4.69) is 10.2 Å². The molecule has 2 aromatic rings. The van der Waals surface area contributed by atoms with Crippen molar-refractivity contribution in [1.29, 1.82) is 0 Å². The van der Waals surface area contributed by atoms with Gasteiger partial charge in [-0.05, 0) is 27.7 Å². The van der Waals surface area contributed by atoms with E-state index in [-0.39, 0.29) is 12.1 Å². The van der Waals surface area contributed by atoms with Crippen LogP contribution in [0.25, 0.3) is 11.3 Å². The Balaban J connectivity index is 1.92. The minimum Gasteiger partial charge on any atom is -0.444 e. The summed E-state index contributed by atoms with van der Waals surface area (Å²) in [5.41, 5.74) is 3.68. The number of amides is 1. The van der Waals surface area contributed by atoms with E-state index in [0.717, 1.165) is 28.9 Å². The number of nitrogens with one attached hydrogen (secondary N) is 1. The van der Waals surface area contributed by atoms with Crippen molar-refractivity contribution >= 4 is 6.09 Å². The topological polar surface area (TPSA) is 58.2 Å². The molecule has 5 heteroatoms. The first-order valence-electron chi connectivity index (χ1n) is 7.99. The molecule has 1 aliphatic rings. The number of benzene rings is 1. The number of carbonyl (C=O) groups excluding carboxylic acids is 1. The summed E-state index contributed by atoms with van der Waals surface area (Å²) in [5.74, 6) is 0. The number of H-pyrrole nitrogens is 1. The molecule has 1 atom stereocenters. The van der Waals surface area contributed by atoms with Crippen LogP contribution in [-0.4, -0.2) is 33.3 Å².